The van der Waals surface area contributed by atoms with E-state index in [1.807, 2.05) is 24.3 Å². The minimum absolute atomic E-state index is 0.595. The molecular formula is C18H24N4O2. The van der Waals surface area contributed by atoms with Crippen molar-refractivity contribution in [1.29, 1.82) is 0 Å². The Labute approximate surface area is 142 Å². The Balaban J connectivity index is 1.41. The first-order chi connectivity index (χ1) is 11.8. The second-order valence-electron chi connectivity index (χ2n) is 6.63. The average Bonchev–Trinajstić information content (AvgIpc) is 3.36. The van der Waals surface area contributed by atoms with Gasteiger partial charge in [-0.3, -0.25) is 9.80 Å². The summed E-state index contributed by atoms with van der Waals surface area (Å²) in [4.78, 5) is 9.61. The lowest BCUT2D eigenvalue weighted by Crippen LogP contribution is -2.35. The van der Waals surface area contributed by atoms with Crippen molar-refractivity contribution in [2.75, 3.05) is 33.3 Å². The summed E-state index contributed by atoms with van der Waals surface area (Å²) in [6, 6.07) is 8.45. The zero-order valence-corrected chi connectivity index (χ0v) is 14.1. The van der Waals surface area contributed by atoms with Gasteiger partial charge in [-0.05, 0) is 44.5 Å². The molecule has 2 aliphatic rings. The Kier molecular flexibility index (Phi) is 4.49. The molecule has 6 heteroatoms. The molecular weight excluding hydrogens is 304 g/mol. The molecule has 2 fully saturated rings. The van der Waals surface area contributed by atoms with Crippen molar-refractivity contribution in [3.8, 4) is 17.1 Å². The Morgan fingerprint density at radius 3 is 2.88 bits per heavy atom. The van der Waals surface area contributed by atoms with E-state index in [0.29, 0.717) is 17.8 Å². The van der Waals surface area contributed by atoms with Crippen molar-refractivity contribution in [3.05, 3.63) is 30.2 Å². The van der Waals surface area contributed by atoms with Gasteiger partial charge in [0.05, 0.1) is 19.2 Å². The number of aromatic nitrogens is 2. The molecule has 1 atom stereocenters. The fourth-order valence-electron chi connectivity index (χ4n) is 3.81. The first-order valence-electron chi connectivity index (χ1n) is 8.76. The van der Waals surface area contributed by atoms with Crippen molar-refractivity contribution in [3.63, 3.8) is 0 Å². The summed E-state index contributed by atoms with van der Waals surface area (Å²) in [6.07, 6.45) is 3.94. The summed E-state index contributed by atoms with van der Waals surface area (Å²) in [7, 11) is 1.66. The minimum Gasteiger partial charge on any atom is -0.496 e. The molecule has 2 aromatic rings. The quantitative estimate of drug-likeness (QED) is 0.840. The molecule has 0 spiro atoms. The van der Waals surface area contributed by atoms with Crippen LogP contribution >= 0.6 is 0 Å². The van der Waals surface area contributed by atoms with Crippen LogP contribution in [0.3, 0.4) is 0 Å². The lowest BCUT2D eigenvalue weighted by Gasteiger charge is -2.23. The number of likely N-dealkylation sites (tertiary alicyclic amines) is 2. The number of hydrogen-bond donors (Lipinski definition) is 0. The SMILES string of the molecule is COc1ccccc1-c1noc(CN2CC[C@H](N3CCCC3)C2)n1. The smallest absolute Gasteiger partial charge is 0.241 e. The Morgan fingerprint density at radius 2 is 2.04 bits per heavy atom. The maximum atomic E-state index is 5.47. The monoisotopic (exact) mass is 328 g/mol. The predicted molar refractivity (Wildman–Crippen MR) is 90.8 cm³/mol. The van der Waals surface area contributed by atoms with E-state index < -0.39 is 0 Å². The normalized spacial score (nSPS) is 22.3. The third-order valence-electron chi connectivity index (χ3n) is 5.08. The topological polar surface area (TPSA) is 54.6 Å². The number of rotatable bonds is 5. The van der Waals surface area contributed by atoms with Crippen LogP contribution in [0.15, 0.2) is 28.8 Å². The lowest BCUT2D eigenvalue weighted by molar-refractivity contribution is 0.217. The Bertz CT molecular complexity index is 681. The summed E-state index contributed by atoms with van der Waals surface area (Å²) in [5, 5.41) is 4.13. The third kappa shape index (κ3) is 3.16. The number of ether oxygens (including phenoxy) is 1. The van der Waals surface area contributed by atoms with Crippen LogP contribution in [0, 0.1) is 0 Å². The zero-order chi connectivity index (χ0) is 16.4. The van der Waals surface area contributed by atoms with E-state index in [4.69, 9.17) is 9.26 Å². The highest BCUT2D eigenvalue weighted by Gasteiger charge is 2.30. The zero-order valence-electron chi connectivity index (χ0n) is 14.1. The molecule has 2 aliphatic heterocycles. The van der Waals surface area contributed by atoms with E-state index >= 15 is 0 Å². The van der Waals surface area contributed by atoms with Gasteiger partial charge in [-0.2, -0.15) is 4.98 Å². The fourth-order valence-corrected chi connectivity index (χ4v) is 3.81. The molecule has 2 saturated heterocycles. The van der Waals surface area contributed by atoms with Crippen LogP contribution < -0.4 is 4.74 Å². The van der Waals surface area contributed by atoms with Crippen LogP contribution in [0.5, 0.6) is 5.75 Å². The van der Waals surface area contributed by atoms with Crippen molar-refractivity contribution < 1.29 is 9.26 Å². The van der Waals surface area contributed by atoms with Crippen molar-refractivity contribution in [2.24, 2.45) is 0 Å². The van der Waals surface area contributed by atoms with Crippen LogP contribution in [0.25, 0.3) is 11.4 Å². The van der Waals surface area contributed by atoms with Crippen molar-refractivity contribution in [1.82, 2.24) is 19.9 Å². The third-order valence-corrected chi connectivity index (χ3v) is 5.08. The van der Waals surface area contributed by atoms with E-state index in [-0.39, 0.29) is 0 Å². The Morgan fingerprint density at radius 1 is 1.21 bits per heavy atom. The van der Waals surface area contributed by atoms with Gasteiger partial charge in [0.2, 0.25) is 11.7 Å². The number of nitrogens with zero attached hydrogens (tertiary/aromatic N) is 4. The molecule has 6 nitrogen and oxygen atoms in total. The second-order valence-corrected chi connectivity index (χ2v) is 6.63. The summed E-state index contributed by atoms with van der Waals surface area (Å²) in [5.41, 5.74) is 0.867. The molecule has 1 aromatic carbocycles. The maximum Gasteiger partial charge on any atom is 0.241 e. The van der Waals surface area contributed by atoms with Gasteiger partial charge in [0, 0.05) is 19.1 Å². The molecule has 0 unspecified atom stereocenters. The van der Waals surface area contributed by atoms with Crippen molar-refractivity contribution >= 4 is 0 Å². The van der Waals surface area contributed by atoms with Gasteiger partial charge in [-0.15, -0.1) is 0 Å². The van der Waals surface area contributed by atoms with Gasteiger partial charge in [-0.1, -0.05) is 17.3 Å². The molecule has 1 aromatic heterocycles. The molecule has 4 rings (SSSR count). The number of hydrogen-bond acceptors (Lipinski definition) is 6. The van der Waals surface area contributed by atoms with Crippen LogP contribution in [0.4, 0.5) is 0 Å². The molecule has 24 heavy (non-hydrogen) atoms. The van der Waals surface area contributed by atoms with Gasteiger partial charge in [0.25, 0.3) is 0 Å². The summed E-state index contributed by atoms with van der Waals surface area (Å²) < 4.78 is 10.8. The molecule has 128 valence electrons. The average molecular weight is 328 g/mol. The largest absolute Gasteiger partial charge is 0.496 e. The number of para-hydroxylation sites is 1. The highest BCUT2D eigenvalue weighted by atomic mass is 16.5. The van der Waals surface area contributed by atoms with E-state index in [9.17, 15) is 0 Å². The molecule has 3 heterocycles. The summed E-state index contributed by atoms with van der Waals surface area (Å²) in [5.74, 6) is 2.04. The summed E-state index contributed by atoms with van der Waals surface area (Å²) in [6.45, 7) is 5.46. The van der Waals surface area contributed by atoms with Gasteiger partial charge < -0.3 is 9.26 Å². The van der Waals surface area contributed by atoms with E-state index in [2.05, 4.69) is 19.9 Å². The van der Waals surface area contributed by atoms with Gasteiger partial charge in [0.15, 0.2) is 0 Å². The van der Waals surface area contributed by atoms with Crippen LogP contribution in [-0.4, -0.2) is 59.3 Å². The lowest BCUT2D eigenvalue weighted by atomic mass is 10.2. The first-order valence-corrected chi connectivity index (χ1v) is 8.76. The van der Waals surface area contributed by atoms with Gasteiger partial charge in [-0.25, -0.2) is 0 Å². The highest BCUT2D eigenvalue weighted by Crippen LogP contribution is 2.27. The van der Waals surface area contributed by atoms with Crippen LogP contribution in [-0.2, 0) is 6.54 Å². The highest BCUT2D eigenvalue weighted by molar-refractivity contribution is 5.63. The number of benzene rings is 1. The molecule has 0 aliphatic carbocycles. The Hall–Kier alpha value is -1.92. The maximum absolute atomic E-state index is 5.47. The fraction of sp³-hybridized carbons (Fsp3) is 0.556. The van der Waals surface area contributed by atoms with E-state index in [1.165, 1.54) is 32.4 Å². The molecule has 0 bridgehead atoms. The summed E-state index contributed by atoms with van der Waals surface area (Å²) >= 11 is 0. The van der Waals surface area contributed by atoms with Crippen molar-refractivity contribution in [2.45, 2.75) is 31.8 Å². The standard InChI is InChI=1S/C18H24N4O2/c1-23-16-7-3-2-6-15(16)18-19-17(24-20-18)13-21-11-8-14(12-21)22-9-4-5-10-22/h2-3,6-7,14H,4-5,8-13H2,1H3/t14-/m0/s1. The van der Waals surface area contributed by atoms with Gasteiger partial charge in [0.1, 0.15) is 5.75 Å². The number of methoxy groups -OCH3 is 1. The van der Waals surface area contributed by atoms with Crippen LogP contribution in [0.1, 0.15) is 25.2 Å². The predicted octanol–water partition coefficient (Wildman–Crippen LogP) is 2.42. The van der Waals surface area contributed by atoms with Crippen LogP contribution in [0.2, 0.25) is 0 Å². The van der Waals surface area contributed by atoms with E-state index in [0.717, 1.165) is 30.9 Å². The minimum atomic E-state index is 0.595. The first kappa shape index (κ1) is 15.6. The molecule has 0 amide bonds. The van der Waals surface area contributed by atoms with Gasteiger partial charge >= 0.3 is 0 Å². The second kappa shape index (κ2) is 6.91. The van der Waals surface area contributed by atoms with E-state index in [1.54, 1.807) is 7.11 Å². The molecule has 0 saturated carbocycles. The molecule has 0 radical (unpaired) electrons. The molecule has 0 N–H and O–H groups in total.